The van der Waals surface area contributed by atoms with Gasteiger partial charge in [0.2, 0.25) is 5.82 Å². The molecule has 2 aromatic heterocycles. The van der Waals surface area contributed by atoms with E-state index < -0.39 is 5.97 Å². The average Bonchev–Trinajstić information content (AvgIpc) is 3.15. The summed E-state index contributed by atoms with van der Waals surface area (Å²) >= 11 is 0. The molecule has 0 atom stereocenters. The van der Waals surface area contributed by atoms with E-state index >= 15 is 0 Å². The first-order valence-corrected chi connectivity index (χ1v) is 7.47. The van der Waals surface area contributed by atoms with Crippen LogP contribution in [0.25, 0.3) is 17.5 Å². The van der Waals surface area contributed by atoms with Crippen molar-refractivity contribution in [3.05, 3.63) is 66.3 Å². The molecule has 7 heteroatoms. The number of aromatic nitrogens is 3. The lowest BCUT2D eigenvalue weighted by Crippen LogP contribution is -2.01. The highest BCUT2D eigenvalue weighted by molar-refractivity contribution is 5.86. The van der Waals surface area contributed by atoms with Crippen molar-refractivity contribution in [2.45, 2.75) is 6.61 Å². The van der Waals surface area contributed by atoms with E-state index in [2.05, 4.69) is 15.1 Å². The second-order valence-electron chi connectivity index (χ2n) is 4.94. The maximum Gasteiger partial charge on any atom is 0.331 e. The van der Waals surface area contributed by atoms with Crippen LogP contribution in [0.3, 0.4) is 0 Å². The van der Waals surface area contributed by atoms with Crippen LogP contribution >= 0.6 is 0 Å². The van der Waals surface area contributed by atoms with Gasteiger partial charge < -0.3 is 14.0 Å². The number of methoxy groups -OCH3 is 1. The first kappa shape index (κ1) is 16.4. The largest absolute Gasteiger partial charge is 0.497 e. The fourth-order valence-electron chi connectivity index (χ4n) is 2.00. The molecule has 3 rings (SSSR count). The molecular formula is C18H15N3O4. The molecule has 0 amide bonds. The van der Waals surface area contributed by atoms with Crippen LogP contribution < -0.4 is 4.74 Å². The molecule has 0 radical (unpaired) electrons. The quantitative estimate of drug-likeness (QED) is 0.505. The Kier molecular flexibility index (Phi) is 5.16. The predicted octanol–water partition coefficient (Wildman–Crippen LogP) is 2.90. The van der Waals surface area contributed by atoms with Gasteiger partial charge in [-0.1, -0.05) is 23.4 Å². The molecule has 3 aromatic rings. The number of hydrogen-bond donors (Lipinski definition) is 0. The molecule has 0 spiro atoms. The lowest BCUT2D eigenvalue weighted by atomic mass is 10.2. The SMILES string of the molecule is COc1cccc(-c2noc(COC(=O)/C=C/c3ccccn3)n2)c1. The molecule has 0 aliphatic heterocycles. The summed E-state index contributed by atoms with van der Waals surface area (Å²) in [6, 6.07) is 12.7. The van der Waals surface area contributed by atoms with Crippen LogP contribution in [0, 0.1) is 0 Å². The molecule has 2 heterocycles. The Morgan fingerprint density at radius 3 is 2.96 bits per heavy atom. The fraction of sp³-hybridized carbons (Fsp3) is 0.111. The zero-order valence-corrected chi connectivity index (χ0v) is 13.5. The summed E-state index contributed by atoms with van der Waals surface area (Å²) in [6.45, 7) is -0.109. The van der Waals surface area contributed by atoms with Crippen LogP contribution in [0.5, 0.6) is 5.75 Å². The molecule has 7 nitrogen and oxygen atoms in total. The van der Waals surface area contributed by atoms with Gasteiger partial charge in [0.1, 0.15) is 5.75 Å². The molecule has 0 aliphatic rings. The van der Waals surface area contributed by atoms with E-state index in [0.29, 0.717) is 17.3 Å². The van der Waals surface area contributed by atoms with E-state index in [-0.39, 0.29) is 12.5 Å². The number of ether oxygens (including phenoxy) is 2. The number of hydrogen-bond acceptors (Lipinski definition) is 7. The van der Waals surface area contributed by atoms with Gasteiger partial charge in [0.05, 0.1) is 12.8 Å². The average molecular weight is 337 g/mol. The Morgan fingerprint density at radius 2 is 2.16 bits per heavy atom. The smallest absolute Gasteiger partial charge is 0.331 e. The minimum Gasteiger partial charge on any atom is -0.497 e. The molecule has 0 fully saturated rings. The Balaban J connectivity index is 1.58. The Labute approximate surface area is 143 Å². The minimum absolute atomic E-state index is 0.109. The molecule has 25 heavy (non-hydrogen) atoms. The van der Waals surface area contributed by atoms with Crippen molar-refractivity contribution in [2.75, 3.05) is 7.11 Å². The third-order valence-electron chi connectivity index (χ3n) is 3.21. The van der Waals surface area contributed by atoms with E-state index in [1.807, 2.05) is 24.3 Å². The number of esters is 1. The number of carbonyl (C=O) groups is 1. The summed E-state index contributed by atoms with van der Waals surface area (Å²) in [5.41, 5.74) is 1.41. The predicted molar refractivity (Wildman–Crippen MR) is 89.4 cm³/mol. The summed E-state index contributed by atoms with van der Waals surface area (Å²) < 4.78 is 15.3. The Bertz CT molecular complexity index is 875. The fourth-order valence-corrected chi connectivity index (χ4v) is 2.00. The highest BCUT2D eigenvalue weighted by atomic mass is 16.6. The topological polar surface area (TPSA) is 87.3 Å². The Hall–Kier alpha value is -3.48. The number of nitrogens with zero attached hydrogens (tertiary/aromatic N) is 3. The molecular weight excluding hydrogens is 322 g/mol. The van der Waals surface area contributed by atoms with Gasteiger partial charge in [-0.25, -0.2) is 4.79 Å². The van der Waals surface area contributed by atoms with Crippen molar-refractivity contribution in [2.24, 2.45) is 0 Å². The lowest BCUT2D eigenvalue weighted by molar-refractivity contribution is -0.139. The van der Waals surface area contributed by atoms with Crippen LogP contribution in [0.2, 0.25) is 0 Å². The number of benzene rings is 1. The van der Waals surface area contributed by atoms with Crippen molar-refractivity contribution in [3.63, 3.8) is 0 Å². The van der Waals surface area contributed by atoms with Gasteiger partial charge in [-0.2, -0.15) is 4.98 Å². The Morgan fingerprint density at radius 1 is 1.24 bits per heavy atom. The van der Waals surface area contributed by atoms with Gasteiger partial charge in [-0.05, 0) is 30.3 Å². The first-order valence-electron chi connectivity index (χ1n) is 7.47. The molecule has 0 aliphatic carbocycles. The molecule has 0 saturated carbocycles. The van der Waals surface area contributed by atoms with Crippen molar-refractivity contribution in [3.8, 4) is 17.1 Å². The van der Waals surface area contributed by atoms with Gasteiger partial charge in [0.15, 0.2) is 6.61 Å². The van der Waals surface area contributed by atoms with Crippen LogP contribution in [-0.4, -0.2) is 28.2 Å². The van der Waals surface area contributed by atoms with E-state index in [1.165, 1.54) is 6.08 Å². The second-order valence-corrected chi connectivity index (χ2v) is 4.94. The molecule has 126 valence electrons. The van der Waals surface area contributed by atoms with Gasteiger partial charge >= 0.3 is 5.97 Å². The van der Waals surface area contributed by atoms with Crippen molar-refractivity contribution in [1.82, 2.24) is 15.1 Å². The normalized spacial score (nSPS) is 10.8. The van der Waals surface area contributed by atoms with Gasteiger partial charge in [-0.3, -0.25) is 4.98 Å². The molecule has 0 bridgehead atoms. The monoisotopic (exact) mass is 337 g/mol. The van der Waals surface area contributed by atoms with Crippen molar-refractivity contribution >= 4 is 12.0 Å². The highest BCUT2D eigenvalue weighted by Gasteiger charge is 2.10. The second kappa shape index (κ2) is 7.87. The van der Waals surface area contributed by atoms with E-state index in [9.17, 15) is 4.79 Å². The summed E-state index contributed by atoms with van der Waals surface area (Å²) in [6.07, 6.45) is 4.50. The zero-order valence-electron chi connectivity index (χ0n) is 13.5. The zero-order chi connectivity index (χ0) is 17.5. The third kappa shape index (κ3) is 4.51. The summed E-state index contributed by atoms with van der Waals surface area (Å²) in [5, 5.41) is 3.87. The van der Waals surface area contributed by atoms with Crippen LogP contribution in [0.15, 0.2) is 59.3 Å². The summed E-state index contributed by atoms with van der Waals surface area (Å²) in [4.78, 5) is 20.0. The minimum atomic E-state index is -0.521. The van der Waals surface area contributed by atoms with Crippen LogP contribution in [0.4, 0.5) is 0 Å². The number of carbonyl (C=O) groups excluding carboxylic acids is 1. The van der Waals surface area contributed by atoms with Gasteiger partial charge in [0, 0.05) is 17.8 Å². The number of rotatable bonds is 6. The van der Waals surface area contributed by atoms with Gasteiger partial charge in [0.25, 0.3) is 5.89 Å². The van der Waals surface area contributed by atoms with Crippen LogP contribution in [-0.2, 0) is 16.1 Å². The van der Waals surface area contributed by atoms with E-state index in [1.54, 1.807) is 37.6 Å². The maximum atomic E-state index is 11.7. The highest BCUT2D eigenvalue weighted by Crippen LogP contribution is 2.21. The maximum absolute atomic E-state index is 11.7. The van der Waals surface area contributed by atoms with Crippen LogP contribution in [0.1, 0.15) is 11.6 Å². The lowest BCUT2D eigenvalue weighted by Gasteiger charge is -1.99. The van der Waals surface area contributed by atoms with E-state index in [0.717, 1.165) is 5.56 Å². The molecule has 1 aromatic carbocycles. The van der Waals surface area contributed by atoms with E-state index in [4.69, 9.17) is 14.0 Å². The third-order valence-corrected chi connectivity index (χ3v) is 3.21. The molecule has 0 saturated heterocycles. The molecule has 0 N–H and O–H groups in total. The van der Waals surface area contributed by atoms with Crippen molar-refractivity contribution in [1.29, 1.82) is 0 Å². The summed E-state index contributed by atoms with van der Waals surface area (Å²) in [5.74, 6) is 0.771. The summed E-state index contributed by atoms with van der Waals surface area (Å²) in [7, 11) is 1.58. The van der Waals surface area contributed by atoms with Gasteiger partial charge in [-0.15, -0.1) is 0 Å². The van der Waals surface area contributed by atoms with Crippen molar-refractivity contribution < 1.29 is 18.8 Å². The standard InChI is InChI=1S/C18H15N3O4/c1-23-15-7-4-5-13(11-15)18-20-16(25-21-18)12-24-17(22)9-8-14-6-2-3-10-19-14/h2-11H,12H2,1H3/b9-8+. The number of pyridine rings is 1. The molecule has 0 unspecified atom stereocenters. The first-order chi connectivity index (χ1) is 12.2.